The van der Waals surface area contributed by atoms with Crippen molar-refractivity contribution in [2.75, 3.05) is 19.9 Å². The van der Waals surface area contributed by atoms with Crippen molar-refractivity contribution in [3.8, 4) is 11.5 Å². The molecule has 6 nitrogen and oxygen atoms in total. The maximum absolute atomic E-state index is 13.0. The molecule has 0 N–H and O–H groups in total. The minimum absolute atomic E-state index is 0.0965. The molecule has 0 bridgehead atoms. The molecule has 0 aliphatic heterocycles. The van der Waals surface area contributed by atoms with Crippen molar-refractivity contribution < 1.29 is 22.1 Å². The van der Waals surface area contributed by atoms with Crippen LogP contribution in [0.2, 0.25) is 0 Å². The zero-order valence-electron chi connectivity index (χ0n) is 16.0. The van der Waals surface area contributed by atoms with E-state index in [9.17, 15) is 13.2 Å². The van der Waals surface area contributed by atoms with Gasteiger partial charge in [-0.1, -0.05) is 26.0 Å². The molecule has 0 saturated carbocycles. The van der Waals surface area contributed by atoms with E-state index in [1.807, 2.05) is 19.9 Å². The molecule has 146 valence electrons. The minimum Gasteiger partial charge on any atom is -0.497 e. The molecule has 2 aromatic rings. The third-order valence-corrected chi connectivity index (χ3v) is 4.22. The van der Waals surface area contributed by atoms with Crippen LogP contribution in [-0.2, 0) is 16.7 Å². The average Bonchev–Trinajstić information content (AvgIpc) is 2.59. The van der Waals surface area contributed by atoms with E-state index < -0.39 is 10.1 Å². The van der Waals surface area contributed by atoms with Crippen molar-refractivity contribution >= 4 is 16.0 Å². The highest BCUT2D eigenvalue weighted by atomic mass is 32.2. The first-order valence-corrected chi connectivity index (χ1v) is 10.4. The maximum Gasteiger partial charge on any atom is 0.306 e. The van der Waals surface area contributed by atoms with Gasteiger partial charge in [-0.3, -0.25) is 4.79 Å². The van der Waals surface area contributed by atoms with Crippen LogP contribution in [0.5, 0.6) is 11.5 Å². The van der Waals surface area contributed by atoms with E-state index in [4.69, 9.17) is 8.92 Å². The molecule has 0 fully saturated rings. The third-order valence-electron chi connectivity index (χ3n) is 3.73. The first-order valence-electron chi connectivity index (χ1n) is 8.59. The van der Waals surface area contributed by atoms with Crippen LogP contribution in [0.25, 0.3) is 0 Å². The number of rotatable bonds is 8. The molecule has 7 heteroatoms. The molecule has 0 atom stereocenters. The maximum atomic E-state index is 13.0. The number of hydrogen-bond acceptors (Lipinski definition) is 5. The highest BCUT2D eigenvalue weighted by Gasteiger charge is 2.18. The second kappa shape index (κ2) is 8.90. The van der Waals surface area contributed by atoms with Gasteiger partial charge in [0.1, 0.15) is 11.5 Å². The summed E-state index contributed by atoms with van der Waals surface area (Å²) in [7, 11) is -2.02. The van der Waals surface area contributed by atoms with Gasteiger partial charge < -0.3 is 13.8 Å². The molecule has 0 radical (unpaired) electrons. The molecular formula is C20H25NO5S. The van der Waals surface area contributed by atoms with Gasteiger partial charge in [0.25, 0.3) is 5.91 Å². The first kappa shape index (κ1) is 20.8. The van der Waals surface area contributed by atoms with E-state index in [2.05, 4.69) is 0 Å². The van der Waals surface area contributed by atoms with Gasteiger partial charge in [0.15, 0.2) is 0 Å². The van der Waals surface area contributed by atoms with Crippen molar-refractivity contribution in [2.45, 2.75) is 20.4 Å². The molecule has 1 amide bonds. The highest BCUT2D eigenvalue weighted by Crippen LogP contribution is 2.19. The minimum atomic E-state index is -3.60. The van der Waals surface area contributed by atoms with Crippen molar-refractivity contribution in [1.29, 1.82) is 0 Å². The van der Waals surface area contributed by atoms with Crippen LogP contribution < -0.4 is 8.92 Å². The van der Waals surface area contributed by atoms with Crippen molar-refractivity contribution in [1.82, 2.24) is 4.90 Å². The molecule has 0 heterocycles. The number of methoxy groups -OCH3 is 1. The summed E-state index contributed by atoms with van der Waals surface area (Å²) in [6, 6.07) is 13.7. The summed E-state index contributed by atoms with van der Waals surface area (Å²) in [5.41, 5.74) is 1.36. The Balaban J connectivity index is 2.23. The molecule has 0 spiro atoms. The van der Waals surface area contributed by atoms with Gasteiger partial charge in [0, 0.05) is 18.7 Å². The van der Waals surface area contributed by atoms with Crippen molar-refractivity contribution in [2.24, 2.45) is 5.92 Å². The van der Waals surface area contributed by atoms with Crippen LogP contribution in [0.15, 0.2) is 48.5 Å². The fourth-order valence-electron chi connectivity index (χ4n) is 2.67. The first-order chi connectivity index (χ1) is 12.7. The Morgan fingerprint density at radius 1 is 1.07 bits per heavy atom. The Bertz CT molecular complexity index is 876. The second-order valence-corrected chi connectivity index (χ2v) is 8.32. The fraction of sp³-hybridized carbons (Fsp3) is 0.350. The van der Waals surface area contributed by atoms with E-state index in [0.29, 0.717) is 24.4 Å². The Morgan fingerprint density at radius 3 is 2.30 bits per heavy atom. The van der Waals surface area contributed by atoms with Crippen LogP contribution in [0.1, 0.15) is 29.8 Å². The van der Waals surface area contributed by atoms with Gasteiger partial charge in [-0.15, -0.1) is 0 Å². The molecule has 2 rings (SSSR count). The van der Waals surface area contributed by atoms with Crippen LogP contribution in [0.4, 0.5) is 0 Å². The normalized spacial score (nSPS) is 11.3. The van der Waals surface area contributed by atoms with Gasteiger partial charge in [-0.25, -0.2) is 0 Å². The van der Waals surface area contributed by atoms with Crippen molar-refractivity contribution in [3.05, 3.63) is 59.7 Å². The van der Waals surface area contributed by atoms with Crippen LogP contribution >= 0.6 is 0 Å². The predicted molar refractivity (Wildman–Crippen MR) is 104 cm³/mol. The predicted octanol–water partition coefficient (Wildman–Crippen LogP) is 3.33. The molecule has 0 unspecified atom stereocenters. The van der Waals surface area contributed by atoms with Crippen molar-refractivity contribution in [3.63, 3.8) is 0 Å². The standard InChI is InChI=1S/C20H25NO5S/c1-15(2)13-21(20(22)17-8-10-18(25-3)11-9-17)14-16-6-5-7-19(12-16)26-27(4,23)24/h5-12,15H,13-14H2,1-4H3. The van der Waals surface area contributed by atoms with Crippen LogP contribution in [0.3, 0.4) is 0 Å². The number of carbonyl (C=O) groups excluding carboxylic acids is 1. The van der Waals surface area contributed by atoms with Gasteiger partial charge >= 0.3 is 10.1 Å². The monoisotopic (exact) mass is 391 g/mol. The van der Waals surface area contributed by atoms with E-state index in [0.717, 1.165) is 11.8 Å². The number of amides is 1. The summed E-state index contributed by atoms with van der Waals surface area (Å²) in [5.74, 6) is 1.10. The largest absolute Gasteiger partial charge is 0.497 e. The smallest absolute Gasteiger partial charge is 0.306 e. The van der Waals surface area contributed by atoms with Gasteiger partial charge in [-0.05, 0) is 47.9 Å². The molecule has 0 aliphatic carbocycles. The quantitative estimate of drug-likeness (QED) is 0.646. The summed E-state index contributed by atoms with van der Waals surface area (Å²) in [6.07, 6.45) is 0.998. The molecule has 0 saturated heterocycles. The Labute approximate surface area is 160 Å². The summed E-state index contributed by atoms with van der Waals surface area (Å²) >= 11 is 0. The van der Waals surface area contributed by atoms with Gasteiger partial charge in [0.05, 0.1) is 13.4 Å². The summed E-state index contributed by atoms with van der Waals surface area (Å²) in [5, 5.41) is 0. The lowest BCUT2D eigenvalue weighted by Gasteiger charge is -2.25. The Morgan fingerprint density at radius 2 is 1.74 bits per heavy atom. The summed E-state index contributed by atoms with van der Waals surface area (Å²) < 4.78 is 32.7. The van der Waals surface area contributed by atoms with E-state index >= 15 is 0 Å². The molecule has 0 aliphatic rings. The van der Waals surface area contributed by atoms with Gasteiger partial charge in [-0.2, -0.15) is 8.42 Å². The van der Waals surface area contributed by atoms with Crippen LogP contribution in [-0.4, -0.2) is 39.1 Å². The highest BCUT2D eigenvalue weighted by molar-refractivity contribution is 7.86. The third kappa shape index (κ3) is 6.60. The SMILES string of the molecule is COc1ccc(C(=O)N(Cc2cccc(OS(C)(=O)=O)c2)CC(C)C)cc1. The van der Waals surface area contributed by atoms with E-state index in [1.165, 1.54) is 0 Å². The summed E-state index contributed by atoms with van der Waals surface area (Å²) in [4.78, 5) is 14.7. The van der Waals surface area contributed by atoms with E-state index in [1.54, 1.807) is 54.5 Å². The molecule has 27 heavy (non-hydrogen) atoms. The zero-order chi connectivity index (χ0) is 20.0. The molecule has 0 aromatic heterocycles. The second-order valence-electron chi connectivity index (χ2n) is 6.74. The number of carbonyl (C=O) groups is 1. The molecular weight excluding hydrogens is 366 g/mol. The summed E-state index contributed by atoms with van der Waals surface area (Å²) in [6.45, 7) is 5.00. The topological polar surface area (TPSA) is 72.9 Å². The fourth-order valence-corrected chi connectivity index (χ4v) is 3.12. The number of benzene rings is 2. The van der Waals surface area contributed by atoms with E-state index in [-0.39, 0.29) is 17.6 Å². The number of hydrogen-bond donors (Lipinski definition) is 0. The lowest BCUT2D eigenvalue weighted by atomic mass is 10.1. The zero-order valence-corrected chi connectivity index (χ0v) is 16.8. The average molecular weight is 391 g/mol. The lowest BCUT2D eigenvalue weighted by Crippen LogP contribution is -2.33. The Hall–Kier alpha value is -2.54. The van der Waals surface area contributed by atoms with Gasteiger partial charge in [0.2, 0.25) is 0 Å². The number of ether oxygens (including phenoxy) is 1. The lowest BCUT2D eigenvalue weighted by molar-refractivity contribution is 0.0722. The molecule has 2 aromatic carbocycles. The Kier molecular flexibility index (Phi) is 6.85. The van der Waals surface area contributed by atoms with Crippen LogP contribution in [0, 0.1) is 5.92 Å². The number of nitrogens with zero attached hydrogens (tertiary/aromatic N) is 1.